The fourth-order valence-corrected chi connectivity index (χ4v) is 1.78. The van der Waals surface area contributed by atoms with Gasteiger partial charge in [0.05, 0.1) is 0 Å². The van der Waals surface area contributed by atoms with Crippen LogP contribution in [0.4, 0.5) is 0 Å². The van der Waals surface area contributed by atoms with Crippen LogP contribution in [0.2, 0.25) is 0 Å². The molecule has 0 aliphatic carbocycles. The molecule has 2 amide bonds. The second-order valence-electron chi connectivity index (χ2n) is 3.86. The van der Waals surface area contributed by atoms with Gasteiger partial charge in [-0.2, -0.15) is 0 Å². The Kier molecular flexibility index (Phi) is 5.10. The van der Waals surface area contributed by atoms with Crippen molar-refractivity contribution < 1.29 is 9.59 Å². The Morgan fingerprint density at radius 3 is 2.80 bits per heavy atom. The van der Waals surface area contributed by atoms with Crippen molar-refractivity contribution in [1.82, 2.24) is 10.3 Å². The van der Waals surface area contributed by atoms with Crippen LogP contribution >= 0.6 is 0 Å². The third-order valence-corrected chi connectivity index (χ3v) is 2.66. The van der Waals surface area contributed by atoms with Gasteiger partial charge in [-0.05, 0) is 19.3 Å². The second kappa shape index (κ2) is 6.40. The molecule has 1 aliphatic heterocycles. The van der Waals surface area contributed by atoms with Crippen LogP contribution in [0.25, 0.3) is 0 Å². The first-order valence-electron chi connectivity index (χ1n) is 5.51. The molecule has 1 heterocycles. The van der Waals surface area contributed by atoms with Gasteiger partial charge in [0.25, 0.3) is 0 Å². The van der Waals surface area contributed by atoms with Crippen LogP contribution in [0.3, 0.4) is 0 Å². The van der Waals surface area contributed by atoms with Crippen molar-refractivity contribution in [3.8, 4) is 0 Å². The minimum atomic E-state index is -0.118. The molecule has 5 heteroatoms. The molecule has 0 radical (unpaired) electrons. The number of nitrogens with zero attached hydrogens (tertiary/aromatic N) is 1. The molecular weight excluding hydrogens is 194 g/mol. The zero-order chi connectivity index (χ0) is 11.1. The first-order valence-corrected chi connectivity index (χ1v) is 5.51. The first-order chi connectivity index (χ1) is 7.24. The molecule has 0 saturated carbocycles. The summed E-state index contributed by atoms with van der Waals surface area (Å²) in [5.41, 5.74) is 2.10. The Morgan fingerprint density at radius 1 is 1.40 bits per heavy atom. The third kappa shape index (κ3) is 4.29. The van der Waals surface area contributed by atoms with Gasteiger partial charge in [-0.15, -0.1) is 0 Å². The lowest BCUT2D eigenvalue weighted by atomic mass is 10.2. The smallest absolute Gasteiger partial charge is 0.233 e. The SMILES string of the molecule is NNC(=O)CCCCCN1CCCC1=O. The molecule has 0 aromatic rings. The van der Waals surface area contributed by atoms with Crippen LogP contribution in [-0.4, -0.2) is 29.8 Å². The fraction of sp³-hybridized carbons (Fsp3) is 0.800. The summed E-state index contributed by atoms with van der Waals surface area (Å²) in [6.45, 7) is 1.74. The van der Waals surface area contributed by atoms with Crippen molar-refractivity contribution in [3.05, 3.63) is 0 Å². The van der Waals surface area contributed by atoms with Crippen molar-refractivity contribution in [2.75, 3.05) is 13.1 Å². The number of hydrogen-bond donors (Lipinski definition) is 2. The van der Waals surface area contributed by atoms with E-state index in [1.807, 2.05) is 4.90 Å². The zero-order valence-electron chi connectivity index (χ0n) is 9.00. The van der Waals surface area contributed by atoms with E-state index in [-0.39, 0.29) is 11.8 Å². The Balaban J connectivity index is 1.97. The van der Waals surface area contributed by atoms with Crippen LogP contribution in [-0.2, 0) is 9.59 Å². The molecule has 0 spiro atoms. The highest BCUT2D eigenvalue weighted by Gasteiger charge is 2.18. The molecule has 0 atom stereocenters. The van der Waals surface area contributed by atoms with E-state index in [0.29, 0.717) is 12.8 Å². The van der Waals surface area contributed by atoms with Gasteiger partial charge in [-0.1, -0.05) is 6.42 Å². The minimum Gasteiger partial charge on any atom is -0.343 e. The van der Waals surface area contributed by atoms with Crippen LogP contribution in [0.1, 0.15) is 38.5 Å². The Labute approximate surface area is 90.0 Å². The van der Waals surface area contributed by atoms with Gasteiger partial charge in [0, 0.05) is 25.9 Å². The maximum Gasteiger partial charge on any atom is 0.233 e. The second-order valence-corrected chi connectivity index (χ2v) is 3.86. The van der Waals surface area contributed by atoms with E-state index < -0.39 is 0 Å². The maximum atomic E-state index is 11.2. The van der Waals surface area contributed by atoms with E-state index in [0.717, 1.165) is 38.8 Å². The van der Waals surface area contributed by atoms with Gasteiger partial charge in [0.15, 0.2) is 0 Å². The summed E-state index contributed by atoms with van der Waals surface area (Å²) in [4.78, 5) is 23.9. The van der Waals surface area contributed by atoms with Crippen LogP contribution in [0, 0.1) is 0 Å². The van der Waals surface area contributed by atoms with Gasteiger partial charge >= 0.3 is 0 Å². The van der Waals surface area contributed by atoms with Gasteiger partial charge in [0.2, 0.25) is 11.8 Å². The lowest BCUT2D eigenvalue weighted by molar-refractivity contribution is -0.127. The highest BCUT2D eigenvalue weighted by Crippen LogP contribution is 2.11. The lowest BCUT2D eigenvalue weighted by Gasteiger charge is -2.14. The van der Waals surface area contributed by atoms with Gasteiger partial charge in [-0.25, -0.2) is 5.84 Å². The summed E-state index contributed by atoms with van der Waals surface area (Å²) in [6.07, 6.45) is 4.96. The first kappa shape index (κ1) is 12.0. The molecular formula is C10H19N3O2. The minimum absolute atomic E-state index is 0.118. The molecule has 86 valence electrons. The maximum absolute atomic E-state index is 11.2. The Bertz CT molecular complexity index is 231. The zero-order valence-corrected chi connectivity index (χ0v) is 9.00. The van der Waals surface area contributed by atoms with Gasteiger partial charge in [-0.3, -0.25) is 15.0 Å². The molecule has 1 fully saturated rings. The molecule has 5 nitrogen and oxygen atoms in total. The Morgan fingerprint density at radius 2 is 2.20 bits per heavy atom. The summed E-state index contributed by atoms with van der Waals surface area (Å²) in [5, 5.41) is 0. The third-order valence-electron chi connectivity index (χ3n) is 2.66. The number of carbonyl (C=O) groups excluding carboxylic acids is 2. The number of nitrogens with one attached hydrogen (secondary N) is 1. The van der Waals surface area contributed by atoms with E-state index in [1.54, 1.807) is 0 Å². The molecule has 15 heavy (non-hydrogen) atoms. The summed E-state index contributed by atoms with van der Waals surface area (Å²) < 4.78 is 0. The topological polar surface area (TPSA) is 75.4 Å². The van der Waals surface area contributed by atoms with E-state index in [9.17, 15) is 9.59 Å². The predicted molar refractivity (Wildman–Crippen MR) is 56.6 cm³/mol. The number of unbranched alkanes of at least 4 members (excludes halogenated alkanes) is 2. The highest BCUT2D eigenvalue weighted by atomic mass is 16.2. The highest BCUT2D eigenvalue weighted by molar-refractivity contribution is 5.78. The van der Waals surface area contributed by atoms with Crippen molar-refractivity contribution in [2.45, 2.75) is 38.5 Å². The molecule has 1 saturated heterocycles. The quantitative estimate of drug-likeness (QED) is 0.285. The lowest BCUT2D eigenvalue weighted by Crippen LogP contribution is -2.29. The summed E-state index contributed by atoms with van der Waals surface area (Å²) in [5.74, 6) is 5.11. The fourth-order valence-electron chi connectivity index (χ4n) is 1.78. The number of carbonyl (C=O) groups is 2. The predicted octanol–water partition coefficient (Wildman–Crippen LogP) is 0.159. The van der Waals surface area contributed by atoms with Crippen LogP contribution < -0.4 is 11.3 Å². The van der Waals surface area contributed by atoms with Gasteiger partial charge in [0.1, 0.15) is 0 Å². The normalized spacial score (nSPS) is 15.8. The number of hydrogen-bond acceptors (Lipinski definition) is 3. The van der Waals surface area contributed by atoms with E-state index in [4.69, 9.17) is 5.84 Å². The van der Waals surface area contributed by atoms with Crippen molar-refractivity contribution in [3.63, 3.8) is 0 Å². The average molecular weight is 213 g/mol. The number of amides is 2. The average Bonchev–Trinajstić information content (AvgIpc) is 2.63. The van der Waals surface area contributed by atoms with Crippen molar-refractivity contribution in [1.29, 1.82) is 0 Å². The number of hydrazine groups is 1. The van der Waals surface area contributed by atoms with Crippen LogP contribution in [0.15, 0.2) is 0 Å². The number of nitrogens with two attached hydrogens (primary N) is 1. The van der Waals surface area contributed by atoms with Crippen molar-refractivity contribution >= 4 is 11.8 Å². The largest absolute Gasteiger partial charge is 0.343 e. The van der Waals surface area contributed by atoms with Crippen LogP contribution in [0.5, 0.6) is 0 Å². The van der Waals surface area contributed by atoms with E-state index in [2.05, 4.69) is 5.43 Å². The number of likely N-dealkylation sites (tertiary alicyclic amines) is 1. The molecule has 0 bridgehead atoms. The summed E-state index contributed by atoms with van der Waals surface area (Å²) in [6, 6.07) is 0. The molecule has 3 N–H and O–H groups in total. The molecule has 1 rings (SSSR count). The molecule has 1 aliphatic rings. The molecule has 0 aromatic carbocycles. The van der Waals surface area contributed by atoms with Gasteiger partial charge < -0.3 is 4.90 Å². The monoisotopic (exact) mass is 213 g/mol. The molecule has 0 aromatic heterocycles. The standard InChI is InChI=1S/C10H19N3O2/c11-12-9(14)5-2-1-3-7-13-8-4-6-10(13)15/h1-8,11H2,(H,12,14). The van der Waals surface area contributed by atoms with E-state index in [1.165, 1.54) is 0 Å². The summed E-state index contributed by atoms with van der Waals surface area (Å²) >= 11 is 0. The van der Waals surface area contributed by atoms with E-state index >= 15 is 0 Å². The number of rotatable bonds is 6. The Hall–Kier alpha value is -1.10. The van der Waals surface area contributed by atoms with Crippen molar-refractivity contribution in [2.24, 2.45) is 5.84 Å². The molecule has 0 unspecified atom stereocenters. The summed E-state index contributed by atoms with van der Waals surface area (Å²) in [7, 11) is 0.